The summed E-state index contributed by atoms with van der Waals surface area (Å²) < 4.78 is 18.5. The summed E-state index contributed by atoms with van der Waals surface area (Å²) in [6.07, 6.45) is 3.55. The van der Waals surface area contributed by atoms with Gasteiger partial charge in [-0.2, -0.15) is 0 Å². The lowest BCUT2D eigenvalue weighted by Crippen LogP contribution is -2.37. The van der Waals surface area contributed by atoms with Crippen LogP contribution < -0.4 is 15.4 Å². The van der Waals surface area contributed by atoms with Gasteiger partial charge in [-0.1, -0.05) is 0 Å². The average molecular weight is 238 g/mol. The molecule has 0 amide bonds. The molecule has 17 heavy (non-hydrogen) atoms. The Morgan fingerprint density at radius 3 is 2.82 bits per heavy atom. The van der Waals surface area contributed by atoms with Crippen molar-refractivity contribution in [2.24, 2.45) is 0 Å². The quantitative estimate of drug-likeness (QED) is 0.805. The molecule has 1 aliphatic rings. The molecule has 1 aromatic carbocycles. The standard InChI is InChI=1S/C13H19FN2O/c1-9-5-3-4-6-16(9)12-8-13(17-2)10(14)7-11(12)15/h7-9H,3-6,15H2,1-2H3. The van der Waals surface area contributed by atoms with Crippen molar-refractivity contribution >= 4 is 11.4 Å². The number of nitrogens with two attached hydrogens (primary N) is 1. The van der Waals surface area contributed by atoms with Crippen LogP contribution >= 0.6 is 0 Å². The summed E-state index contributed by atoms with van der Waals surface area (Å²) in [5.41, 5.74) is 7.27. The van der Waals surface area contributed by atoms with Gasteiger partial charge >= 0.3 is 0 Å². The van der Waals surface area contributed by atoms with Crippen LogP contribution in [0.4, 0.5) is 15.8 Å². The van der Waals surface area contributed by atoms with Crippen molar-refractivity contribution < 1.29 is 9.13 Å². The normalized spacial score (nSPS) is 20.4. The minimum absolute atomic E-state index is 0.256. The first-order valence-electron chi connectivity index (χ1n) is 6.03. The molecule has 1 saturated heterocycles. The maximum atomic E-state index is 13.5. The number of ether oxygens (including phenoxy) is 1. The second-order valence-corrected chi connectivity index (χ2v) is 4.58. The fourth-order valence-corrected chi connectivity index (χ4v) is 2.42. The van der Waals surface area contributed by atoms with E-state index < -0.39 is 5.82 Å². The summed E-state index contributed by atoms with van der Waals surface area (Å²) >= 11 is 0. The van der Waals surface area contributed by atoms with Crippen molar-refractivity contribution in [2.45, 2.75) is 32.2 Å². The molecule has 0 aliphatic carbocycles. The molecule has 1 fully saturated rings. The number of halogens is 1. The lowest BCUT2D eigenvalue weighted by Gasteiger charge is -2.36. The van der Waals surface area contributed by atoms with Crippen LogP contribution in [0, 0.1) is 5.82 Å². The van der Waals surface area contributed by atoms with Crippen LogP contribution in [0.1, 0.15) is 26.2 Å². The molecule has 0 bridgehead atoms. The van der Waals surface area contributed by atoms with Crippen molar-refractivity contribution in [3.8, 4) is 5.75 Å². The van der Waals surface area contributed by atoms with Crippen LogP contribution in [0.3, 0.4) is 0 Å². The van der Waals surface area contributed by atoms with Gasteiger partial charge in [-0.3, -0.25) is 0 Å². The molecule has 0 radical (unpaired) electrons. The second-order valence-electron chi connectivity index (χ2n) is 4.58. The van der Waals surface area contributed by atoms with Gasteiger partial charge in [0.05, 0.1) is 18.5 Å². The van der Waals surface area contributed by atoms with E-state index in [1.807, 2.05) is 0 Å². The number of methoxy groups -OCH3 is 1. The molecule has 0 spiro atoms. The van der Waals surface area contributed by atoms with Gasteiger partial charge in [0, 0.05) is 24.7 Å². The Hall–Kier alpha value is -1.45. The molecule has 94 valence electrons. The number of anilines is 2. The number of rotatable bonds is 2. The van der Waals surface area contributed by atoms with Crippen LogP contribution in [0.25, 0.3) is 0 Å². The van der Waals surface area contributed by atoms with Gasteiger partial charge in [-0.25, -0.2) is 4.39 Å². The van der Waals surface area contributed by atoms with E-state index in [-0.39, 0.29) is 5.75 Å². The van der Waals surface area contributed by atoms with Gasteiger partial charge in [0.2, 0.25) is 0 Å². The van der Waals surface area contributed by atoms with E-state index in [4.69, 9.17) is 10.5 Å². The average Bonchev–Trinajstić information content (AvgIpc) is 2.31. The molecular formula is C13H19FN2O. The van der Waals surface area contributed by atoms with Crippen molar-refractivity contribution in [2.75, 3.05) is 24.3 Å². The van der Waals surface area contributed by atoms with Gasteiger partial charge < -0.3 is 15.4 Å². The molecule has 1 atom stereocenters. The van der Waals surface area contributed by atoms with Crippen LogP contribution in [0.5, 0.6) is 5.75 Å². The van der Waals surface area contributed by atoms with E-state index in [1.165, 1.54) is 19.6 Å². The fourth-order valence-electron chi connectivity index (χ4n) is 2.42. The zero-order valence-corrected chi connectivity index (χ0v) is 10.4. The molecule has 1 aromatic rings. The topological polar surface area (TPSA) is 38.5 Å². The van der Waals surface area contributed by atoms with E-state index >= 15 is 0 Å². The second kappa shape index (κ2) is 4.82. The summed E-state index contributed by atoms with van der Waals surface area (Å²) in [5, 5.41) is 0. The molecule has 0 saturated carbocycles. The van der Waals surface area contributed by atoms with E-state index in [2.05, 4.69) is 11.8 Å². The van der Waals surface area contributed by atoms with Gasteiger partial charge in [0.25, 0.3) is 0 Å². The van der Waals surface area contributed by atoms with Gasteiger partial charge in [-0.05, 0) is 26.2 Å². The number of nitrogen functional groups attached to an aromatic ring is 1. The predicted molar refractivity (Wildman–Crippen MR) is 68.0 cm³/mol. The highest BCUT2D eigenvalue weighted by Gasteiger charge is 2.21. The van der Waals surface area contributed by atoms with E-state index in [0.29, 0.717) is 11.7 Å². The van der Waals surface area contributed by atoms with Gasteiger partial charge in [0.15, 0.2) is 11.6 Å². The monoisotopic (exact) mass is 238 g/mol. The Bertz CT molecular complexity index is 409. The maximum Gasteiger partial charge on any atom is 0.167 e. The largest absolute Gasteiger partial charge is 0.494 e. The van der Waals surface area contributed by atoms with Crippen LogP contribution in [0.15, 0.2) is 12.1 Å². The summed E-state index contributed by atoms with van der Waals surface area (Å²) in [5.74, 6) is -0.148. The third kappa shape index (κ3) is 2.30. The van der Waals surface area contributed by atoms with Crippen LogP contribution in [0.2, 0.25) is 0 Å². The Kier molecular flexibility index (Phi) is 3.41. The number of nitrogens with zero attached hydrogens (tertiary/aromatic N) is 1. The highest BCUT2D eigenvalue weighted by atomic mass is 19.1. The summed E-state index contributed by atoms with van der Waals surface area (Å²) in [6.45, 7) is 3.15. The van der Waals surface area contributed by atoms with E-state index in [1.54, 1.807) is 6.07 Å². The highest BCUT2D eigenvalue weighted by Crippen LogP contribution is 2.34. The zero-order valence-electron chi connectivity index (χ0n) is 10.4. The number of hydrogen-bond donors (Lipinski definition) is 1. The maximum absolute atomic E-state index is 13.5. The highest BCUT2D eigenvalue weighted by molar-refractivity contribution is 5.70. The lowest BCUT2D eigenvalue weighted by molar-refractivity contribution is 0.386. The smallest absolute Gasteiger partial charge is 0.167 e. The van der Waals surface area contributed by atoms with Crippen molar-refractivity contribution in [1.82, 2.24) is 0 Å². The third-order valence-electron chi connectivity index (χ3n) is 3.41. The molecular weight excluding hydrogens is 219 g/mol. The van der Waals surface area contributed by atoms with Crippen molar-refractivity contribution in [1.29, 1.82) is 0 Å². The summed E-state index contributed by atoms with van der Waals surface area (Å²) in [7, 11) is 1.47. The summed E-state index contributed by atoms with van der Waals surface area (Å²) in [6, 6.07) is 3.49. The molecule has 2 rings (SSSR count). The Labute approximate surface area is 101 Å². The Morgan fingerprint density at radius 1 is 1.41 bits per heavy atom. The van der Waals surface area contributed by atoms with Gasteiger partial charge in [-0.15, -0.1) is 0 Å². The first-order chi connectivity index (χ1) is 8.13. The molecule has 0 aromatic heterocycles. The molecule has 1 heterocycles. The number of piperidine rings is 1. The SMILES string of the molecule is COc1cc(N2CCCCC2C)c(N)cc1F. The van der Waals surface area contributed by atoms with Crippen LogP contribution in [-0.4, -0.2) is 19.7 Å². The zero-order chi connectivity index (χ0) is 12.4. The fraction of sp³-hybridized carbons (Fsp3) is 0.538. The predicted octanol–water partition coefficient (Wildman–Crippen LogP) is 2.80. The molecule has 4 heteroatoms. The third-order valence-corrected chi connectivity index (χ3v) is 3.41. The number of hydrogen-bond acceptors (Lipinski definition) is 3. The van der Waals surface area contributed by atoms with Crippen LogP contribution in [-0.2, 0) is 0 Å². The van der Waals surface area contributed by atoms with Gasteiger partial charge in [0.1, 0.15) is 0 Å². The Morgan fingerprint density at radius 2 is 2.18 bits per heavy atom. The number of benzene rings is 1. The molecule has 3 nitrogen and oxygen atoms in total. The lowest BCUT2D eigenvalue weighted by atomic mass is 10.0. The Balaban J connectivity index is 2.36. The van der Waals surface area contributed by atoms with Crippen molar-refractivity contribution in [3.63, 3.8) is 0 Å². The van der Waals surface area contributed by atoms with E-state index in [9.17, 15) is 4.39 Å². The first-order valence-corrected chi connectivity index (χ1v) is 6.03. The molecule has 1 unspecified atom stereocenters. The van der Waals surface area contributed by atoms with E-state index in [0.717, 1.165) is 25.1 Å². The van der Waals surface area contributed by atoms with Crippen molar-refractivity contribution in [3.05, 3.63) is 17.9 Å². The first kappa shape index (κ1) is 12.0. The minimum atomic E-state index is -0.404. The molecule has 1 aliphatic heterocycles. The minimum Gasteiger partial charge on any atom is -0.494 e. The summed E-state index contributed by atoms with van der Waals surface area (Å²) in [4.78, 5) is 2.24. The molecule has 2 N–H and O–H groups in total.